The number of halogens is 3. The highest BCUT2D eigenvalue weighted by Gasteiger charge is 2.34. The van der Waals surface area contributed by atoms with E-state index in [2.05, 4.69) is 20.2 Å². The van der Waals surface area contributed by atoms with Crippen LogP contribution in [0.3, 0.4) is 0 Å². The predicted octanol–water partition coefficient (Wildman–Crippen LogP) is 7.04. The van der Waals surface area contributed by atoms with Crippen molar-refractivity contribution < 1.29 is 50.0 Å². The lowest BCUT2D eigenvalue weighted by molar-refractivity contribution is -0.155. The van der Waals surface area contributed by atoms with Crippen molar-refractivity contribution >= 4 is 39.5 Å². The van der Waals surface area contributed by atoms with Crippen molar-refractivity contribution in [2.24, 2.45) is 0 Å². The molecule has 2 amide bonds. The Labute approximate surface area is 320 Å². The minimum Gasteiger partial charge on any atom is -0.497 e. The standard InChI is InChI=1S/C39H38F3N5O8S/c1-24-6-18-31(19-7-24)56(51,52)46-37-44-35(45-55-37)26-10-8-25(9-11-26)22-47(23-34(49)54-38(2,3)4)36(50)27-12-15-29(16-13-27)43-33(48)20-28-14-17-30(53-5)21-32(28)39(40,41)42/h6-19,21H,20,22-23H2,1-5H3,(H,43,48)(H,44,45,46). The van der Waals surface area contributed by atoms with Gasteiger partial charge in [0.25, 0.3) is 15.9 Å². The van der Waals surface area contributed by atoms with Crippen LogP contribution < -0.4 is 14.8 Å². The van der Waals surface area contributed by atoms with E-state index in [1.54, 1.807) is 57.2 Å². The second-order valence-corrected chi connectivity index (χ2v) is 15.3. The maximum Gasteiger partial charge on any atom is 0.416 e. The van der Waals surface area contributed by atoms with Gasteiger partial charge in [-0.1, -0.05) is 53.2 Å². The molecule has 0 aliphatic heterocycles. The number of carbonyl (C=O) groups is 3. The molecule has 5 rings (SSSR count). The summed E-state index contributed by atoms with van der Waals surface area (Å²) < 4.78 is 84.1. The number of benzene rings is 4. The van der Waals surface area contributed by atoms with Crippen molar-refractivity contribution in [3.8, 4) is 17.1 Å². The molecule has 294 valence electrons. The van der Waals surface area contributed by atoms with E-state index in [0.29, 0.717) is 11.1 Å². The maximum atomic E-state index is 13.8. The van der Waals surface area contributed by atoms with Crippen LogP contribution in [0.25, 0.3) is 11.4 Å². The number of hydrogen-bond donors (Lipinski definition) is 2. The lowest BCUT2D eigenvalue weighted by Crippen LogP contribution is -2.38. The minimum atomic E-state index is -4.70. The van der Waals surface area contributed by atoms with Crippen LogP contribution in [-0.4, -0.2) is 60.5 Å². The first-order valence-electron chi connectivity index (χ1n) is 17.0. The van der Waals surface area contributed by atoms with E-state index in [1.165, 1.54) is 60.5 Å². The van der Waals surface area contributed by atoms with Gasteiger partial charge in [0, 0.05) is 23.4 Å². The van der Waals surface area contributed by atoms with Crippen molar-refractivity contribution in [2.45, 2.75) is 57.3 Å². The zero-order chi connectivity index (χ0) is 40.8. The molecule has 4 aromatic carbocycles. The fourth-order valence-corrected chi connectivity index (χ4v) is 6.26. The van der Waals surface area contributed by atoms with E-state index < -0.39 is 58.1 Å². The Morgan fingerprint density at radius 3 is 2.16 bits per heavy atom. The summed E-state index contributed by atoms with van der Waals surface area (Å²) in [4.78, 5) is 44.8. The van der Waals surface area contributed by atoms with Gasteiger partial charge < -0.3 is 24.2 Å². The first-order valence-corrected chi connectivity index (χ1v) is 18.5. The number of methoxy groups -OCH3 is 1. The Morgan fingerprint density at radius 2 is 1.55 bits per heavy atom. The molecule has 1 aromatic heterocycles. The number of rotatable bonds is 13. The molecule has 2 N–H and O–H groups in total. The van der Waals surface area contributed by atoms with Crippen molar-refractivity contribution in [3.05, 3.63) is 119 Å². The molecule has 0 aliphatic carbocycles. The Hall–Kier alpha value is -6.23. The van der Waals surface area contributed by atoms with Crippen molar-refractivity contribution in [1.29, 1.82) is 0 Å². The Balaban J connectivity index is 1.27. The minimum absolute atomic E-state index is 0.00105. The van der Waals surface area contributed by atoms with Crippen LogP contribution >= 0.6 is 0 Å². The summed E-state index contributed by atoms with van der Waals surface area (Å²) in [6.45, 7) is 6.47. The summed E-state index contributed by atoms with van der Waals surface area (Å²) in [7, 11) is -2.74. The van der Waals surface area contributed by atoms with Crippen LogP contribution in [0.4, 0.5) is 24.9 Å². The Bertz CT molecular complexity index is 2310. The first-order chi connectivity index (χ1) is 26.3. The molecule has 0 aliphatic rings. The number of amides is 2. The third kappa shape index (κ3) is 10.9. The van der Waals surface area contributed by atoms with E-state index >= 15 is 0 Å². The average molecular weight is 794 g/mol. The fraction of sp³-hybridized carbons (Fsp3) is 0.256. The zero-order valence-corrected chi connectivity index (χ0v) is 31.7. The van der Waals surface area contributed by atoms with Gasteiger partial charge in [0.15, 0.2) is 0 Å². The number of esters is 1. The van der Waals surface area contributed by atoms with Crippen molar-refractivity contribution in [3.63, 3.8) is 0 Å². The molecule has 0 fully saturated rings. The second kappa shape index (κ2) is 16.6. The lowest BCUT2D eigenvalue weighted by Gasteiger charge is -2.25. The van der Waals surface area contributed by atoms with Gasteiger partial charge in [-0.15, -0.1) is 0 Å². The van der Waals surface area contributed by atoms with E-state index in [4.69, 9.17) is 14.0 Å². The number of aryl methyl sites for hydroxylation is 1. The average Bonchev–Trinajstić information content (AvgIpc) is 3.58. The summed E-state index contributed by atoms with van der Waals surface area (Å²) in [5, 5.41) is 6.41. The van der Waals surface area contributed by atoms with E-state index in [0.717, 1.165) is 11.6 Å². The number of aromatic nitrogens is 2. The predicted molar refractivity (Wildman–Crippen MR) is 199 cm³/mol. The van der Waals surface area contributed by atoms with Crippen LogP contribution in [0.15, 0.2) is 100 Å². The molecule has 13 nitrogen and oxygen atoms in total. The number of sulfonamides is 1. The largest absolute Gasteiger partial charge is 0.497 e. The van der Waals surface area contributed by atoms with Crippen LogP contribution in [-0.2, 0) is 43.5 Å². The third-order valence-electron chi connectivity index (χ3n) is 7.98. The van der Waals surface area contributed by atoms with Gasteiger partial charge >= 0.3 is 18.2 Å². The number of nitrogens with zero attached hydrogens (tertiary/aromatic N) is 3. The Morgan fingerprint density at radius 1 is 0.893 bits per heavy atom. The number of hydrogen-bond acceptors (Lipinski definition) is 10. The van der Waals surface area contributed by atoms with E-state index in [-0.39, 0.29) is 45.8 Å². The van der Waals surface area contributed by atoms with Crippen LogP contribution in [0.1, 0.15) is 53.4 Å². The van der Waals surface area contributed by atoms with Gasteiger partial charge in [-0.2, -0.15) is 18.2 Å². The van der Waals surface area contributed by atoms with Gasteiger partial charge in [-0.3, -0.25) is 14.4 Å². The van der Waals surface area contributed by atoms with E-state index in [1.807, 2.05) is 6.92 Å². The van der Waals surface area contributed by atoms with Crippen LogP contribution in [0, 0.1) is 6.92 Å². The molecule has 1 heterocycles. The molecule has 0 saturated carbocycles. The highest BCUT2D eigenvalue weighted by molar-refractivity contribution is 7.92. The molecule has 0 atom stereocenters. The number of alkyl halides is 3. The van der Waals surface area contributed by atoms with E-state index in [9.17, 15) is 36.0 Å². The maximum absolute atomic E-state index is 13.8. The highest BCUT2D eigenvalue weighted by Crippen LogP contribution is 2.35. The van der Waals surface area contributed by atoms with Gasteiger partial charge in [-0.05, 0) is 87.4 Å². The zero-order valence-electron chi connectivity index (χ0n) is 30.9. The smallest absolute Gasteiger partial charge is 0.416 e. The van der Waals surface area contributed by atoms with Gasteiger partial charge in [-0.25, -0.2) is 13.1 Å². The van der Waals surface area contributed by atoms with Crippen LogP contribution in [0.5, 0.6) is 5.75 Å². The normalized spacial score (nSPS) is 11.8. The summed E-state index contributed by atoms with van der Waals surface area (Å²) in [6.07, 6.45) is -5.27. The summed E-state index contributed by atoms with van der Waals surface area (Å²) >= 11 is 0. The number of ether oxygens (including phenoxy) is 2. The molecule has 0 saturated heterocycles. The molecular weight excluding hydrogens is 756 g/mol. The quantitative estimate of drug-likeness (QED) is 0.118. The molecule has 56 heavy (non-hydrogen) atoms. The molecule has 0 spiro atoms. The number of nitrogens with one attached hydrogen (secondary N) is 2. The molecule has 5 aromatic rings. The molecule has 17 heteroatoms. The second-order valence-electron chi connectivity index (χ2n) is 13.6. The molecule has 0 unspecified atom stereocenters. The fourth-order valence-electron chi connectivity index (χ4n) is 5.34. The van der Waals surface area contributed by atoms with Gasteiger partial charge in [0.2, 0.25) is 11.7 Å². The lowest BCUT2D eigenvalue weighted by atomic mass is 10.0. The Kier molecular flexibility index (Phi) is 12.2. The topological polar surface area (TPSA) is 170 Å². The molecular formula is C39H38F3N5O8S. The summed E-state index contributed by atoms with van der Waals surface area (Å²) in [5.74, 6) is -1.82. The number of anilines is 2. The van der Waals surface area contributed by atoms with Crippen LogP contribution in [0.2, 0.25) is 0 Å². The van der Waals surface area contributed by atoms with Crippen molar-refractivity contribution in [2.75, 3.05) is 23.7 Å². The van der Waals surface area contributed by atoms with Gasteiger partial charge in [0.05, 0.1) is 24.0 Å². The third-order valence-corrected chi connectivity index (χ3v) is 9.32. The monoisotopic (exact) mass is 793 g/mol. The summed E-state index contributed by atoms with van der Waals surface area (Å²) in [6, 6.07) is 21.5. The SMILES string of the molecule is COc1ccc(CC(=O)Nc2ccc(C(=O)N(CC(=O)OC(C)(C)C)Cc3ccc(-c4noc(NS(=O)(=O)c5ccc(C)cc5)n4)cc3)cc2)c(C(F)(F)F)c1. The molecule has 0 radical (unpaired) electrons. The summed E-state index contributed by atoms with van der Waals surface area (Å²) in [5.41, 5.74) is 0.310. The molecule has 0 bridgehead atoms. The van der Waals surface area contributed by atoms with Gasteiger partial charge in [0.1, 0.15) is 17.9 Å². The first kappa shape index (κ1) is 40.9. The number of carbonyl (C=O) groups excluding carboxylic acids is 3. The highest BCUT2D eigenvalue weighted by atomic mass is 32.2. The van der Waals surface area contributed by atoms with Crippen molar-refractivity contribution in [1.82, 2.24) is 15.0 Å².